The first-order chi connectivity index (χ1) is 17.4. The highest BCUT2D eigenvalue weighted by atomic mass is 19.1. The third-order valence-corrected chi connectivity index (χ3v) is 6.65. The molecular formula is C28H30FNO6. The van der Waals surface area contributed by atoms with Gasteiger partial charge in [-0.2, -0.15) is 0 Å². The molecule has 1 N–H and O–H groups in total. The second kappa shape index (κ2) is 11.0. The highest BCUT2D eigenvalue weighted by Crippen LogP contribution is 2.46. The summed E-state index contributed by atoms with van der Waals surface area (Å²) in [5, 5.41) is 3.31. The summed E-state index contributed by atoms with van der Waals surface area (Å²) in [6, 6.07) is 11.5. The first-order valence-electron chi connectivity index (χ1n) is 11.7. The molecule has 0 saturated heterocycles. The number of carbonyl (C=O) groups excluding carboxylic acids is 2. The molecule has 7 nitrogen and oxygen atoms in total. The van der Waals surface area contributed by atoms with Crippen molar-refractivity contribution in [1.29, 1.82) is 0 Å². The van der Waals surface area contributed by atoms with E-state index in [0.29, 0.717) is 40.3 Å². The number of benzene rings is 2. The van der Waals surface area contributed by atoms with E-state index in [9.17, 15) is 14.0 Å². The fourth-order valence-electron chi connectivity index (χ4n) is 4.94. The number of ketones is 1. The number of hydrogen-bond donors (Lipinski definition) is 1. The molecule has 1 aliphatic heterocycles. The monoisotopic (exact) mass is 495 g/mol. The van der Waals surface area contributed by atoms with Crippen LogP contribution in [0.3, 0.4) is 0 Å². The van der Waals surface area contributed by atoms with E-state index >= 15 is 0 Å². The summed E-state index contributed by atoms with van der Waals surface area (Å²) in [5.74, 6) is -0.530. The quantitative estimate of drug-likeness (QED) is 0.430. The number of esters is 1. The molecule has 0 fully saturated rings. The lowest BCUT2D eigenvalue weighted by Gasteiger charge is -2.36. The number of halogens is 1. The lowest BCUT2D eigenvalue weighted by molar-refractivity contribution is -0.140. The number of ether oxygens (including phenoxy) is 4. The zero-order valence-corrected chi connectivity index (χ0v) is 20.9. The number of carbonyl (C=O) groups is 2. The normalized spacial score (nSPS) is 19.5. The molecular weight excluding hydrogens is 465 g/mol. The van der Waals surface area contributed by atoms with Crippen molar-refractivity contribution in [2.75, 3.05) is 34.5 Å². The Morgan fingerprint density at radius 3 is 2.33 bits per heavy atom. The minimum Gasteiger partial charge on any atom is -0.493 e. The zero-order chi connectivity index (χ0) is 25.8. The summed E-state index contributed by atoms with van der Waals surface area (Å²) >= 11 is 0. The van der Waals surface area contributed by atoms with E-state index in [1.807, 2.05) is 18.2 Å². The van der Waals surface area contributed by atoms with Gasteiger partial charge >= 0.3 is 5.97 Å². The molecule has 2 aliphatic rings. The van der Waals surface area contributed by atoms with Crippen molar-refractivity contribution in [2.45, 2.75) is 31.6 Å². The fraction of sp³-hybridized carbons (Fsp3) is 0.357. The van der Waals surface area contributed by atoms with Crippen LogP contribution in [0.4, 0.5) is 4.39 Å². The lowest BCUT2D eigenvalue weighted by atomic mass is 9.71. The van der Waals surface area contributed by atoms with Crippen molar-refractivity contribution in [3.05, 3.63) is 81.9 Å². The van der Waals surface area contributed by atoms with E-state index in [1.165, 1.54) is 19.2 Å². The molecule has 0 bridgehead atoms. The first-order valence-corrected chi connectivity index (χ1v) is 11.7. The van der Waals surface area contributed by atoms with Crippen molar-refractivity contribution in [3.8, 4) is 11.5 Å². The minimum absolute atomic E-state index is 0.0763. The van der Waals surface area contributed by atoms with Crippen LogP contribution in [0.15, 0.2) is 65.0 Å². The standard InChI is InChI=1S/C28H30FNO6/c1-16-25(28(32)36-12-11-33-2)26(17-5-8-20(29)9-6-17)27-21(30-16)13-19(14-22(27)31)18-7-10-23(34-3)24(15-18)35-4/h5-10,15,19,26,30H,11-14H2,1-4H3/t19-,26+/m1/s1. The van der Waals surface area contributed by atoms with E-state index in [1.54, 1.807) is 33.3 Å². The smallest absolute Gasteiger partial charge is 0.336 e. The van der Waals surface area contributed by atoms with Crippen LogP contribution in [0, 0.1) is 5.82 Å². The average molecular weight is 496 g/mol. The molecule has 2 aromatic carbocycles. The second-order valence-corrected chi connectivity index (χ2v) is 8.81. The maximum absolute atomic E-state index is 13.7. The Bertz CT molecular complexity index is 1220. The van der Waals surface area contributed by atoms with Crippen molar-refractivity contribution in [2.24, 2.45) is 0 Å². The predicted molar refractivity (Wildman–Crippen MR) is 131 cm³/mol. The molecule has 0 saturated carbocycles. The minimum atomic E-state index is -0.657. The van der Waals surface area contributed by atoms with Gasteiger partial charge in [-0.1, -0.05) is 18.2 Å². The molecule has 0 aromatic heterocycles. The predicted octanol–water partition coefficient (Wildman–Crippen LogP) is 4.39. The number of methoxy groups -OCH3 is 3. The Morgan fingerprint density at radius 2 is 1.67 bits per heavy atom. The van der Waals surface area contributed by atoms with Gasteiger partial charge in [0.1, 0.15) is 12.4 Å². The molecule has 36 heavy (non-hydrogen) atoms. The Hall–Kier alpha value is -3.65. The maximum Gasteiger partial charge on any atom is 0.336 e. The molecule has 0 spiro atoms. The molecule has 190 valence electrons. The molecule has 2 atom stereocenters. The first kappa shape index (κ1) is 25.4. The van der Waals surface area contributed by atoms with Crippen LogP contribution in [-0.2, 0) is 19.1 Å². The Labute approximate surface area is 209 Å². The van der Waals surface area contributed by atoms with E-state index < -0.39 is 17.7 Å². The summed E-state index contributed by atoms with van der Waals surface area (Å²) in [6.07, 6.45) is 0.830. The molecule has 8 heteroatoms. The van der Waals surface area contributed by atoms with Crippen LogP contribution in [0.5, 0.6) is 11.5 Å². The number of hydrogen-bond acceptors (Lipinski definition) is 7. The lowest BCUT2D eigenvalue weighted by Crippen LogP contribution is -2.36. The molecule has 0 unspecified atom stereocenters. The Morgan fingerprint density at radius 1 is 0.972 bits per heavy atom. The van der Waals surface area contributed by atoms with Gasteiger partial charge in [-0.3, -0.25) is 4.79 Å². The zero-order valence-electron chi connectivity index (χ0n) is 20.9. The van der Waals surface area contributed by atoms with Crippen molar-refractivity contribution >= 4 is 11.8 Å². The molecule has 1 heterocycles. The molecule has 0 radical (unpaired) electrons. The van der Waals surface area contributed by atoms with Gasteiger partial charge in [0.05, 0.1) is 26.4 Å². The maximum atomic E-state index is 13.7. The largest absolute Gasteiger partial charge is 0.493 e. The summed E-state index contributed by atoms with van der Waals surface area (Å²) in [6.45, 7) is 2.13. The number of rotatable bonds is 8. The van der Waals surface area contributed by atoms with Crippen LogP contribution < -0.4 is 14.8 Å². The van der Waals surface area contributed by atoms with Gasteiger partial charge in [0.15, 0.2) is 17.3 Å². The van der Waals surface area contributed by atoms with Gasteiger partial charge in [-0.25, -0.2) is 9.18 Å². The molecule has 1 aliphatic carbocycles. The average Bonchev–Trinajstić information content (AvgIpc) is 2.87. The van der Waals surface area contributed by atoms with Crippen molar-refractivity contribution < 1.29 is 32.9 Å². The highest BCUT2D eigenvalue weighted by molar-refractivity contribution is 6.04. The number of allylic oxidation sites excluding steroid dienone is 3. The van der Waals surface area contributed by atoms with Crippen molar-refractivity contribution in [3.63, 3.8) is 0 Å². The van der Waals surface area contributed by atoms with Gasteiger partial charge in [-0.05, 0) is 54.7 Å². The number of dihydropyridines is 1. The molecule has 4 rings (SSSR count). The van der Waals surface area contributed by atoms with E-state index in [-0.39, 0.29) is 31.3 Å². The van der Waals surface area contributed by atoms with Crippen LogP contribution in [0.1, 0.15) is 42.7 Å². The summed E-state index contributed by atoms with van der Waals surface area (Å²) in [7, 11) is 4.67. The SMILES string of the molecule is COCCOC(=O)C1=C(C)NC2=C(C(=O)C[C@H](c3ccc(OC)c(OC)c3)C2)[C@H]1c1ccc(F)cc1. The van der Waals surface area contributed by atoms with Gasteiger partial charge in [0.2, 0.25) is 0 Å². The van der Waals surface area contributed by atoms with Crippen LogP contribution in [-0.4, -0.2) is 46.3 Å². The Kier molecular flexibility index (Phi) is 7.74. The van der Waals surface area contributed by atoms with Gasteiger partial charge in [0, 0.05) is 36.4 Å². The summed E-state index contributed by atoms with van der Waals surface area (Å²) in [5.41, 5.74) is 3.83. The summed E-state index contributed by atoms with van der Waals surface area (Å²) < 4.78 is 34.9. The van der Waals surface area contributed by atoms with Gasteiger partial charge in [0.25, 0.3) is 0 Å². The summed E-state index contributed by atoms with van der Waals surface area (Å²) in [4.78, 5) is 26.8. The van der Waals surface area contributed by atoms with Crippen molar-refractivity contribution in [1.82, 2.24) is 5.32 Å². The second-order valence-electron chi connectivity index (χ2n) is 8.81. The van der Waals surface area contributed by atoms with E-state index in [0.717, 1.165) is 11.3 Å². The van der Waals surface area contributed by atoms with Gasteiger partial charge < -0.3 is 24.3 Å². The third kappa shape index (κ3) is 4.99. The van der Waals surface area contributed by atoms with Crippen LogP contribution >= 0.6 is 0 Å². The number of nitrogens with one attached hydrogen (secondary N) is 1. The highest BCUT2D eigenvalue weighted by Gasteiger charge is 2.41. The van der Waals surface area contributed by atoms with Crippen LogP contribution in [0.25, 0.3) is 0 Å². The molecule has 2 aromatic rings. The number of Topliss-reactive ketones (excluding diaryl/α,β-unsaturated/α-hetero) is 1. The van der Waals surface area contributed by atoms with Gasteiger partial charge in [-0.15, -0.1) is 0 Å². The van der Waals surface area contributed by atoms with E-state index in [2.05, 4.69) is 5.32 Å². The Balaban J connectivity index is 1.73. The molecule has 0 amide bonds. The van der Waals surface area contributed by atoms with E-state index in [4.69, 9.17) is 18.9 Å². The fourth-order valence-corrected chi connectivity index (χ4v) is 4.94. The van der Waals surface area contributed by atoms with Crippen LogP contribution in [0.2, 0.25) is 0 Å². The topological polar surface area (TPSA) is 83.1 Å². The third-order valence-electron chi connectivity index (χ3n) is 6.65.